The van der Waals surface area contributed by atoms with Crippen LogP contribution in [0.4, 0.5) is 0 Å². The van der Waals surface area contributed by atoms with Crippen molar-refractivity contribution in [2.24, 2.45) is 5.10 Å². The number of hydrogen-bond donors (Lipinski definition) is 1. The zero-order chi connectivity index (χ0) is 19.4. The van der Waals surface area contributed by atoms with Crippen LogP contribution in [0.5, 0.6) is 11.5 Å². The van der Waals surface area contributed by atoms with E-state index >= 15 is 0 Å². The summed E-state index contributed by atoms with van der Waals surface area (Å²) < 4.78 is 15.7. The number of amides is 1. The van der Waals surface area contributed by atoms with E-state index in [0.717, 1.165) is 5.56 Å². The number of hydrogen-bond acceptors (Lipinski definition) is 6. The van der Waals surface area contributed by atoms with Crippen molar-refractivity contribution in [1.82, 2.24) is 5.43 Å². The van der Waals surface area contributed by atoms with Crippen LogP contribution in [0, 0.1) is 6.92 Å². The second-order valence-electron chi connectivity index (χ2n) is 5.82. The van der Waals surface area contributed by atoms with Gasteiger partial charge in [0.15, 0.2) is 0 Å². The highest BCUT2D eigenvalue weighted by atomic mass is 16.5. The summed E-state index contributed by atoms with van der Waals surface area (Å²) in [6, 6.07) is 10.1. The van der Waals surface area contributed by atoms with Crippen LogP contribution in [0.2, 0.25) is 0 Å². The highest BCUT2D eigenvalue weighted by molar-refractivity contribution is 5.96. The summed E-state index contributed by atoms with van der Waals surface area (Å²) in [5.41, 5.74) is 4.14. The maximum absolute atomic E-state index is 12.5. The minimum atomic E-state index is -0.468. The smallest absolute Gasteiger partial charge is 0.271 e. The van der Waals surface area contributed by atoms with Crippen molar-refractivity contribution in [2.45, 2.75) is 6.92 Å². The third kappa shape index (κ3) is 3.98. The van der Waals surface area contributed by atoms with Gasteiger partial charge in [-0.05, 0) is 31.2 Å². The van der Waals surface area contributed by atoms with Gasteiger partial charge in [-0.3, -0.25) is 9.59 Å². The molecule has 7 nitrogen and oxygen atoms in total. The molecule has 0 saturated carbocycles. The SMILES string of the molecule is COc1cc(OC)cc(C(=O)NN=Cc2coc3ccc(C)cc3c2=O)c1. The number of hydrazone groups is 1. The molecule has 3 aromatic rings. The van der Waals surface area contributed by atoms with E-state index in [4.69, 9.17) is 13.9 Å². The monoisotopic (exact) mass is 366 g/mol. The third-order valence-electron chi connectivity index (χ3n) is 3.94. The predicted molar refractivity (Wildman–Crippen MR) is 102 cm³/mol. The molecule has 138 valence electrons. The molecule has 27 heavy (non-hydrogen) atoms. The molecule has 1 heterocycles. The van der Waals surface area contributed by atoms with Gasteiger partial charge in [-0.2, -0.15) is 5.10 Å². The van der Waals surface area contributed by atoms with E-state index < -0.39 is 5.91 Å². The Kier molecular flexibility index (Phi) is 5.21. The third-order valence-corrected chi connectivity index (χ3v) is 3.94. The lowest BCUT2D eigenvalue weighted by molar-refractivity contribution is 0.0954. The van der Waals surface area contributed by atoms with Crippen molar-refractivity contribution in [3.63, 3.8) is 0 Å². The molecule has 0 fully saturated rings. The summed E-state index contributed by atoms with van der Waals surface area (Å²) >= 11 is 0. The van der Waals surface area contributed by atoms with Crippen molar-refractivity contribution in [2.75, 3.05) is 14.2 Å². The molecular weight excluding hydrogens is 348 g/mol. The van der Waals surface area contributed by atoms with Crippen LogP contribution in [0.3, 0.4) is 0 Å². The number of ether oxygens (including phenoxy) is 2. The van der Waals surface area contributed by atoms with Crippen LogP contribution in [0.15, 0.2) is 57.0 Å². The molecule has 0 aliphatic rings. The molecule has 0 radical (unpaired) electrons. The molecule has 0 aliphatic carbocycles. The van der Waals surface area contributed by atoms with Crippen LogP contribution in [-0.2, 0) is 0 Å². The average Bonchev–Trinajstić information content (AvgIpc) is 2.69. The first-order valence-corrected chi connectivity index (χ1v) is 8.10. The number of aryl methyl sites for hydroxylation is 1. The zero-order valence-electron chi connectivity index (χ0n) is 15.1. The highest BCUT2D eigenvalue weighted by Crippen LogP contribution is 2.22. The Labute approximate surface area is 155 Å². The number of nitrogens with zero attached hydrogens (tertiary/aromatic N) is 1. The molecule has 1 N–H and O–H groups in total. The van der Waals surface area contributed by atoms with Gasteiger partial charge < -0.3 is 13.9 Å². The summed E-state index contributed by atoms with van der Waals surface area (Å²) in [6.07, 6.45) is 2.56. The van der Waals surface area contributed by atoms with Gasteiger partial charge in [0, 0.05) is 11.6 Å². The topological polar surface area (TPSA) is 90.1 Å². The van der Waals surface area contributed by atoms with Crippen molar-refractivity contribution < 1.29 is 18.7 Å². The first-order chi connectivity index (χ1) is 13.0. The lowest BCUT2D eigenvalue weighted by atomic mass is 10.1. The molecule has 0 spiro atoms. The molecule has 0 atom stereocenters. The van der Waals surface area contributed by atoms with Crippen LogP contribution in [0.1, 0.15) is 21.5 Å². The second-order valence-corrected chi connectivity index (χ2v) is 5.82. The van der Waals surface area contributed by atoms with E-state index in [1.807, 2.05) is 13.0 Å². The molecule has 0 unspecified atom stereocenters. The summed E-state index contributed by atoms with van der Waals surface area (Å²) in [7, 11) is 2.99. The van der Waals surface area contributed by atoms with Gasteiger partial charge in [0.2, 0.25) is 5.43 Å². The molecule has 0 bridgehead atoms. The van der Waals surface area contributed by atoms with E-state index in [2.05, 4.69) is 10.5 Å². The Hall–Kier alpha value is -3.61. The quantitative estimate of drug-likeness (QED) is 0.554. The fraction of sp³-hybridized carbons (Fsp3) is 0.150. The maximum Gasteiger partial charge on any atom is 0.271 e. The number of carbonyl (C=O) groups excluding carboxylic acids is 1. The Bertz CT molecular complexity index is 1060. The van der Waals surface area contributed by atoms with E-state index in [0.29, 0.717) is 28.0 Å². The van der Waals surface area contributed by atoms with Crippen molar-refractivity contribution in [1.29, 1.82) is 0 Å². The second kappa shape index (κ2) is 7.74. The van der Waals surface area contributed by atoms with E-state index in [9.17, 15) is 9.59 Å². The lowest BCUT2D eigenvalue weighted by Gasteiger charge is -2.07. The molecule has 0 aliphatic heterocycles. The minimum absolute atomic E-state index is 0.221. The Morgan fingerprint density at radius 3 is 2.48 bits per heavy atom. The number of fused-ring (bicyclic) bond motifs is 1. The van der Waals surface area contributed by atoms with Crippen LogP contribution in [0.25, 0.3) is 11.0 Å². The van der Waals surface area contributed by atoms with E-state index in [1.165, 1.54) is 26.7 Å². The van der Waals surface area contributed by atoms with E-state index in [-0.39, 0.29) is 11.0 Å². The highest BCUT2D eigenvalue weighted by Gasteiger charge is 2.10. The Balaban J connectivity index is 1.81. The first kappa shape index (κ1) is 18.2. The largest absolute Gasteiger partial charge is 0.497 e. The number of carbonyl (C=O) groups is 1. The summed E-state index contributed by atoms with van der Waals surface area (Å²) in [4.78, 5) is 24.8. The van der Waals surface area contributed by atoms with Crippen molar-refractivity contribution >= 4 is 23.1 Å². The predicted octanol–water partition coefficient (Wildman–Crippen LogP) is 2.88. The lowest BCUT2D eigenvalue weighted by Crippen LogP contribution is -2.18. The zero-order valence-corrected chi connectivity index (χ0v) is 15.1. The van der Waals surface area contributed by atoms with Gasteiger partial charge in [-0.1, -0.05) is 11.6 Å². The van der Waals surface area contributed by atoms with Crippen LogP contribution in [-0.4, -0.2) is 26.3 Å². The van der Waals surface area contributed by atoms with Crippen LogP contribution < -0.4 is 20.3 Å². The first-order valence-electron chi connectivity index (χ1n) is 8.10. The van der Waals surface area contributed by atoms with Crippen LogP contribution >= 0.6 is 0 Å². The fourth-order valence-electron chi connectivity index (χ4n) is 2.51. The minimum Gasteiger partial charge on any atom is -0.497 e. The van der Waals surface area contributed by atoms with Crippen molar-refractivity contribution in [3.05, 3.63) is 69.6 Å². The van der Waals surface area contributed by atoms with Gasteiger partial charge in [0.25, 0.3) is 5.91 Å². The molecular formula is C20H18N2O5. The summed E-state index contributed by atoms with van der Waals surface area (Å²) in [5.74, 6) is 0.493. The van der Waals surface area contributed by atoms with Gasteiger partial charge in [0.1, 0.15) is 23.3 Å². The molecule has 0 saturated heterocycles. The summed E-state index contributed by atoms with van der Waals surface area (Å²) in [6.45, 7) is 1.89. The molecule has 1 aromatic heterocycles. The Morgan fingerprint density at radius 1 is 1.11 bits per heavy atom. The number of nitrogens with one attached hydrogen (secondary N) is 1. The number of benzene rings is 2. The Morgan fingerprint density at radius 2 is 1.81 bits per heavy atom. The summed E-state index contributed by atoms with van der Waals surface area (Å²) in [5, 5.41) is 4.31. The standard InChI is InChI=1S/C20H18N2O5/c1-12-4-5-18-17(6-12)19(23)14(11-27-18)10-21-22-20(24)13-7-15(25-2)9-16(8-13)26-3/h4-11H,1-3H3,(H,22,24). The molecule has 2 aromatic carbocycles. The average molecular weight is 366 g/mol. The van der Waals surface area contributed by atoms with Gasteiger partial charge in [-0.25, -0.2) is 5.43 Å². The molecule has 1 amide bonds. The molecule has 7 heteroatoms. The normalized spacial score (nSPS) is 10.9. The van der Waals surface area contributed by atoms with Gasteiger partial charge in [0.05, 0.1) is 31.4 Å². The van der Waals surface area contributed by atoms with Gasteiger partial charge >= 0.3 is 0 Å². The van der Waals surface area contributed by atoms with E-state index in [1.54, 1.807) is 30.3 Å². The van der Waals surface area contributed by atoms with Crippen molar-refractivity contribution in [3.8, 4) is 11.5 Å². The van der Waals surface area contributed by atoms with Gasteiger partial charge in [-0.15, -0.1) is 0 Å². The number of methoxy groups -OCH3 is 2. The number of rotatable bonds is 5. The fourth-order valence-corrected chi connectivity index (χ4v) is 2.51. The molecule has 3 rings (SSSR count). The maximum atomic E-state index is 12.5.